The maximum absolute atomic E-state index is 6.51. The van der Waals surface area contributed by atoms with E-state index in [1.165, 1.54) is 42.8 Å². The van der Waals surface area contributed by atoms with Crippen molar-refractivity contribution >= 4 is 11.3 Å². The first kappa shape index (κ1) is 13.1. The molecule has 1 saturated heterocycles. The zero-order valence-corrected chi connectivity index (χ0v) is 12.0. The second-order valence-corrected chi connectivity index (χ2v) is 6.73. The van der Waals surface area contributed by atoms with E-state index in [1.54, 1.807) is 11.3 Å². The quantitative estimate of drug-likeness (QED) is 0.894. The number of aryl methyl sites for hydroxylation is 1. The Bertz CT molecular complexity index is 364. The third-order valence-electron chi connectivity index (χ3n) is 4.17. The van der Waals surface area contributed by atoms with Crippen molar-refractivity contribution in [1.29, 1.82) is 0 Å². The van der Waals surface area contributed by atoms with E-state index in [4.69, 9.17) is 5.73 Å². The predicted octanol–water partition coefficient (Wildman–Crippen LogP) is 3.32. The number of hydrogen-bond donors (Lipinski definition) is 1. The Kier molecular flexibility index (Phi) is 3.91. The summed E-state index contributed by atoms with van der Waals surface area (Å²) in [5.41, 5.74) is 7.90. The first-order chi connectivity index (χ1) is 8.03. The van der Waals surface area contributed by atoms with Gasteiger partial charge >= 0.3 is 0 Å². The van der Waals surface area contributed by atoms with E-state index in [2.05, 4.69) is 37.1 Å². The number of thiophene rings is 1. The van der Waals surface area contributed by atoms with E-state index in [9.17, 15) is 0 Å². The molecule has 1 aromatic rings. The molecule has 1 unspecified atom stereocenters. The SMILES string of the molecule is Cc1sccc1C(N)C(C)(C)N1CCCCC1. The summed E-state index contributed by atoms with van der Waals surface area (Å²) in [6, 6.07) is 2.31. The average Bonchev–Trinajstić information content (AvgIpc) is 2.75. The third kappa shape index (κ3) is 2.56. The van der Waals surface area contributed by atoms with Crippen molar-refractivity contribution in [2.45, 2.75) is 51.6 Å². The summed E-state index contributed by atoms with van der Waals surface area (Å²) >= 11 is 1.80. The third-order valence-corrected chi connectivity index (χ3v) is 5.03. The fourth-order valence-electron chi connectivity index (χ4n) is 2.76. The topological polar surface area (TPSA) is 29.3 Å². The number of hydrogen-bond acceptors (Lipinski definition) is 3. The van der Waals surface area contributed by atoms with Crippen LogP contribution in [0.25, 0.3) is 0 Å². The second kappa shape index (κ2) is 5.09. The van der Waals surface area contributed by atoms with Crippen molar-refractivity contribution in [3.05, 3.63) is 21.9 Å². The summed E-state index contributed by atoms with van der Waals surface area (Å²) in [6.07, 6.45) is 4.01. The summed E-state index contributed by atoms with van der Waals surface area (Å²) in [5.74, 6) is 0. The lowest BCUT2D eigenvalue weighted by Gasteiger charge is -2.44. The monoisotopic (exact) mass is 252 g/mol. The maximum Gasteiger partial charge on any atom is 0.0487 e. The fraction of sp³-hybridized carbons (Fsp3) is 0.714. The second-order valence-electron chi connectivity index (χ2n) is 5.61. The summed E-state index contributed by atoms with van der Waals surface area (Å²) in [7, 11) is 0. The van der Waals surface area contributed by atoms with Crippen molar-refractivity contribution in [3.63, 3.8) is 0 Å². The van der Waals surface area contributed by atoms with Gasteiger partial charge in [0.1, 0.15) is 0 Å². The smallest absolute Gasteiger partial charge is 0.0487 e. The van der Waals surface area contributed by atoms with Gasteiger partial charge in [0.15, 0.2) is 0 Å². The van der Waals surface area contributed by atoms with E-state index >= 15 is 0 Å². The summed E-state index contributed by atoms with van der Waals surface area (Å²) < 4.78 is 0. The zero-order chi connectivity index (χ0) is 12.5. The number of nitrogens with two attached hydrogens (primary N) is 1. The van der Waals surface area contributed by atoms with Crippen LogP contribution in [-0.4, -0.2) is 23.5 Å². The van der Waals surface area contributed by atoms with Gasteiger partial charge < -0.3 is 5.73 Å². The molecule has 0 saturated carbocycles. The van der Waals surface area contributed by atoms with E-state index in [1.807, 2.05) is 0 Å². The molecule has 1 fully saturated rings. The Morgan fingerprint density at radius 2 is 1.94 bits per heavy atom. The van der Waals surface area contributed by atoms with E-state index in [-0.39, 0.29) is 11.6 Å². The normalized spacial score (nSPS) is 20.5. The van der Waals surface area contributed by atoms with Gasteiger partial charge in [-0.3, -0.25) is 4.90 Å². The fourth-order valence-corrected chi connectivity index (χ4v) is 3.51. The Balaban J connectivity index is 2.16. The number of piperidine rings is 1. The van der Waals surface area contributed by atoms with E-state index < -0.39 is 0 Å². The molecule has 0 radical (unpaired) electrons. The Morgan fingerprint density at radius 3 is 2.47 bits per heavy atom. The van der Waals surface area contributed by atoms with Crippen LogP contribution in [0.2, 0.25) is 0 Å². The molecule has 96 valence electrons. The molecule has 1 atom stereocenters. The van der Waals surface area contributed by atoms with Gasteiger partial charge in [0.25, 0.3) is 0 Å². The maximum atomic E-state index is 6.51. The first-order valence-electron chi connectivity index (χ1n) is 6.58. The summed E-state index contributed by atoms with van der Waals surface area (Å²) in [5, 5.41) is 2.15. The Labute approximate surface area is 109 Å². The van der Waals surface area contributed by atoms with E-state index in [0.29, 0.717) is 0 Å². The molecule has 0 amide bonds. The van der Waals surface area contributed by atoms with Crippen LogP contribution in [0.5, 0.6) is 0 Å². The minimum absolute atomic E-state index is 0.0618. The van der Waals surface area contributed by atoms with Crippen LogP contribution in [0, 0.1) is 6.92 Å². The minimum atomic E-state index is 0.0618. The van der Waals surface area contributed by atoms with Gasteiger partial charge in [0, 0.05) is 16.5 Å². The molecule has 1 aliphatic rings. The number of nitrogens with zero attached hydrogens (tertiary/aromatic N) is 1. The molecule has 0 aliphatic carbocycles. The highest BCUT2D eigenvalue weighted by Gasteiger charge is 2.35. The van der Waals surface area contributed by atoms with Crippen LogP contribution in [0.3, 0.4) is 0 Å². The van der Waals surface area contributed by atoms with Gasteiger partial charge in [-0.15, -0.1) is 11.3 Å². The number of rotatable bonds is 3. The summed E-state index contributed by atoms with van der Waals surface area (Å²) in [6.45, 7) is 9.15. The molecule has 2 heterocycles. The van der Waals surface area contributed by atoms with Crippen LogP contribution in [0.15, 0.2) is 11.4 Å². The lowest BCUT2D eigenvalue weighted by molar-refractivity contribution is 0.0729. The van der Waals surface area contributed by atoms with Crippen molar-refractivity contribution in [2.24, 2.45) is 5.73 Å². The van der Waals surface area contributed by atoms with Gasteiger partial charge in [-0.1, -0.05) is 6.42 Å². The molecule has 2 rings (SSSR count). The van der Waals surface area contributed by atoms with Crippen LogP contribution in [-0.2, 0) is 0 Å². The van der Waals surface area contributed by atoms with Crippen molar-refractivity contribution < 1.29 is 0 Å². The molecule has 2 nitrogen and oxygen atoms in total. The predicted molar refractivity (Wildman–Crippen MR) is 75.5 cm³/mol. The molecule has 1 aromatic heterocycles. The Hall–Kier alpha value is -0.380. The average molecular weight is 252 g/mol. The van der Waals surface area contributed by atoms with Gasteiger partial charge in [0.2, 0.25) is 0 Å². The molecule has 2 N–H and O–H groups in total. The van der Waals surface area contributed by atoms with Gasteiger partial charge in [-0.05, 0) is 63.7 Å². The molecule has 0 spiro atoms. The van der Waals surface area contributed by atoms with Gasteiger partial charge in [0.05, 0.1) is 0 Å². The molecule has 0 aromatic carbocycles. The summed E-state index contributed by atoms with van der Waals surface area (Å²) in [4.78, 5) is 3.93. The van der Waals surface area contributed by atoms with Crippen molar-refractivity contribution in [3.8, 4) is 0 Å². The van der Waals surface area contributed by atoms with Crippen molar-refractivity contribution in [1.82, 2.24) is 4.90 Å². The van der Waals surface area contributed by atoms with Gasteiger partial charge in [-0.25, -0.2) is 0 Å². The molecule has 1 aliphatic heterocycles. The number of likely N-dealkylation sites (tertiary alicyclic amines) is 1. The van der Waals surface area contributed by atoms with Crippen LogP contribution < -0.4 is 5.73 Å². The Morgan fingerprint density at radius 1 is 1.29 bits per heavy atom. The van der Waals surface area contributed by atoms with Crippen molar-refractivity contribution in [2.75, 3.05) is 13.1 Å². The first-order valence-corrected chi connectivity index (χ1v) is 7.46. The van der Waals surface area contributed by atoms with E-state index in [0.717, 1.165) is 0 Å². The highest BCUT2D eigenvalue weighted by atomic mass is 32.1. The molecular formula is C14H24N2S. The van der Waals surface area contributed by atoms with Crippen LogP contribution in [0.4, 0.5) is 0 Å². The molecule has 3 heteroatoms. The molecule has 17 heavy (non-hydrogen) atoms. The lowest BCUT2D eigenvalue weighted by Crippen LogP contribution is -2.53. The standard InChI is InChI=1S/C14H24N2S/c1-11-12(7-10-17-11)13(15)14(2,3)16-8-5-4-6-9-16/h7,10,13H,4-6,8-9,15H2,1-3H3. The molecular weight excluding hydrogens is 228 g/mol. The zero-order valence-electron chi connectivity index (χ0n) is 11.2. The minimum Gasteiger partial charge on any atom is -0.322 e. The molecule has 0 bridgehead atoms. The lowest BCUT2D eigenvalue weighted by atomic mass is 9.86. The highest BCUT2D eigenvalue weighted by molar-refractivity contribution is 7.10. The van der Waals surface area contributed by atoms with Crippen LogP contribution in [0.1, 0.15) is 49.6 Å². The van der Waals surface area contributed by atoms with Gasteiger partial charge in [-0.2, -0.15) is 0 Å². The highest BCUT2D eigenvalue weighted by Crippen LogP contribution is 2.34. The largest absolute Gasteiger partial charge is 0.322 e. The van der Waals surface area contributed by atoms with Crippen LogP contribution >= 0.6 is 11.3 Å².